The van der Waals surface area contributed by atoms with Crippen LogP contribution < -0.4 is 0 Å². The lowest BCUT2D eigenvalue weighted by molar-refractivity contribution is -0.135. The summed E-state index contributed by atoms with van der Waals surface area (Å²) < 4.78 is 26.5. The van der Waals surface area contributed by atoms with Gasteiger partial charge >= 0.3 is 0 Å². The summed E-state index contributed by atoms with van der Waals surface area (Å²) in [7, 11) is -3.12. The molecule has 0 spiro atoms. The second-order valence-corrected chi connectivity index (χ2v) is 9.23. The van der Waals surface area contributed by atoms with Gasteiger partial charge in [0, 0.05) is 39.3 Å². The molecule has 3 rings (SSSR count). The van der Waals surface area contributed by atoms with Crippen molar-refractivity contribution in [3.05, 3.63) is 0 Å². The van der Waals surface area contributed by atoms with Gasteiger partial charge in [0.05, 0.1) is 11.8 Å². The molecule has 3 aliphatic rings. The van der Waals surface area contributed by atoms with Gasteiger partial charge in [-0.1, -0.05) is 6.42 Å². The third-order valence-electron chi connectivity index (χ3n) is 5.66. The molecule has 0 N–H and O–H groups in total. The monoisotopic (exact) mass is 343 g/mol. The van der Waals surface area contributed by atoms with E-state index in [1.165, 1.54) is 6.42 Å². The van der Waals surface area contributed by atoms with Crippen LogP contribution in [0, 0.1) is 5.92 Å². The van der Waals surface area contributed by atoms with E-state index in [0.29, 0.717) is 37.8 Å². The Morgan fingerprint density at radius 3 is 2.13 bits per heavy atom. The van der Waals surface area contributed by atoms with Crippen molar-refractivity contribution < 1.29 is 13.2 Å². The number of hydrogen-bond donors (Lipinski definition) is 0. The maximum absolute atomic E-state index is 12.5. The number of carbonyl (C=O) groups is 1. The largest absolute Gasteiger partial charge is 0.341 e. The molecule has 3 fully saturated rings. The molecule has 1 amide bonds. The molecule has 0 radical (unpaired) electrons. The molecule has 23 heavy (non-hydrogen) atoms. The van der Waals surface area contributed by atoms with Gasteiger partial charge < -0.3 is 4.90 Å². The first kappa shape index (κ1) is 17.2. The molecule has 0 aromatic rings. The number of carbonyl (C=O) groups excluding carboxylic acids is 1. The lowest BCUT2D eigenvalue weighted by atomic mass is 9.87. The minimum Gasteiger partial charge on any atom is -0.341 e. The zero-order valence-electron chi connectivity index (χ0n) is 14.1. The number of likely N-dealkylation sites (tertiary alicyclic amines) is 1. The molecule has 1 unspecified atom stereocenters. The van der Waals surface area contributed by atoms with Crippen molar-refractivity contribution >= 4 is 15.9 Å². The number of amides is 1. The Morgan fingerprint density at radius 2 is 1.61 bits per heavy atom. The van der Waals surface area contributed by atoms with Crippen molar-refractivity contribution in [2.24, 2.45) is 5.92 Å². The van der Waals surface area contributed by atoms with Crippen molar-refractivity contribution in [2.45, 2.75) is 45.1 Å². The lowest BCUT2D eigenvalue weighted by Gasteiger charge is -2.38. The first-order valence-electron chi connectivity index (χ1n) is 8.98. The molecule has 1 aliphatic carbocycles. The molecule has 2 aliphatic heterocycles. The summed E-state index contributed by atoms with van der Waals surface area (Å²) >= 11 is 0. The predicted octanol–water partition coefficient (Wildman–Crippen LogP) is 0.745. The fourth-order valence-corrected chi connectivity index (χ4v) is 5.65. The van der Waals surface area contributed by atoms with Gasteiger partial charge in [0.1, 0.15) is 0 Å². The number of hydrogen-bond acceptors (Lipinski definition) is 4. The van der Waals surface area contributed by atoms with Crippen LogP contribution in [0.25, 0.3) is 0 Å². The summed E-state index contributed by atoms with van der Waals surface area (Å²) in [4.78, 5) is 16.6. The minimum atomic E-state index is -3.12. The van der Waals surface area contributed by atoms with Crippen LogP contribution in [0.5, 0.6) is 0 Å². The summed E-state index contributed by atoms with van der Waals surface area (Å²) in [6.07, 6.45) is 5.49. The quantitative estimate of drug-likeness (QED) is 0.739. The number of rotatable bonds is 5. The van der Waals surface area contributed by atoms with Crippen molar-refractivity contribution in [1.29, 1.82) is 0 Å². The summed E-state index contributed by atoms with van der Waals surface area (Å²) in [6, 6.07) is -0.135. The highest BCUT2D eigenvalue weighted by Gasteiger charge is 2.34. The Bertz CT molecular complexity index is 519. The van der Waals surface area contributed by atoms with Crippen molar-refractivity contribution in [3.8, 4) is 0 Å². The van der Waals surface area contributed by atoms with E-state index < -0.39 is 10.0 Å². The molecule has 132 valence electrons. The minimum absolute atomic E-state index is 0.135. The maximum Gasteiger partial charge on any atom is 0.239 e. The zero-order valence-corrected chi connectivity index (χ0v) is 14.9. The van der Waals surface area contributed by atoms with Crippen LogP contribution >= 0.6 is 0 Å². The van der Waals surface area contributed by atoms with Gasteiger partial charge in [-0.05, 0) is 38.5 Å². The smallest absolute Gasteiger partial charge is 0.239 e. The summed E-state index contributed by atoms with van der Waals surface area (Å²) in [5.41, 5.74) is 0. The fraction of sp³-hybridized carbons (Fsp3) is 0.938. The van der Waals surface area contributed by atoms with Crippen LogP contribution in [0.1, 0.15) is 39.0 Å². The topological polar surface area (TPSA) is 60.9 Å². The van der Waals surface area contributed by atoms with Crippen LogP contribution in [0.4, 0.5) is 0 Å². The van der Waals surface area contributed by atoms with Crippen LogP contribution in [-0.4, -0.2) is 79.5 Å². The summed E-state index contributed by atoms with van der Waals surface area (Å²) in [5.74, 6) is 0.886. The van der Waals surface area contributed by atoms with Crippen LogP contribution in [0.2, 0.25) is 0 Å². The van der Waals surface area contributed by atoms with Crippen molar-refractivity contribution in [1.82, 2.24) is 14.1 Å². The molecule has 0 aromatic heterocycles. The Hall–Kier alpha value is -0.660. The average molecular weight is 343 g/mol. The first-order valence-corrected chi connectivity index (χ1v) is 10.6. The second kappa shape index (κ2) is 7.07. The maximum atomic E-state index is 12.5. The molecule has 1 saturated carbocycles. The van der Waals surface area contributed by atoms with Gasteiger partial charge in [-0.3, -0.25) is 9.69 Å². The van der Waals surface area contributed by atoms with Gasteiger partial charge in [-0.2, -0.15) is 4.31 Å². The van der Waals surface area contributed by atoms with Crippen molar-refractivity contribution in [2.75, 3.05) is 45.0 Å². The number of sulfonamides is 1. The summed E-state index contributed by atoms with van der Waals surface area (Å²) in [6.45, 7) is 6.06. The molecule has 2 saturated heterocycles. The predicted molar refractivity (Wildman–Crippen MR) is 89.5 cm³/mol. The molecular formula is C16H29N3O3S. The molecule has 0 aromatic carbocycles. The Balaban J connectivity index is 1.50. The van der Waals surface area contributed by atoms with Crippen LogP contribution in [0.3, 0.4) is 0 Å². The molecule has 0 bridgehead atoms. The van der Waals surface area contributed by atoms with Gasteiger partial charge in [0.25, 0.3) is 0 Å². The highest BCUT2D eigenvalue weighted by atomic mass is 32.2. The fourth-order valence-electron chi connectivity index (χ4n) is 3.79. The molecule has 2 heterocycles. The number of nitrogens with zero attached hydrogens (tertiary/aromatic N) is 3. The van der Waals surface area contributed by atoms with E-state index >= 15 is 0 Å². The lowest BCUT2D eigenvalue weighted by Crippen LogP contribution is -2.55. The summed E-state index contributed by atoms with van der Waals surface area (Å²) in [5, 5.41) is 0. The van der Waals surface area contributed by atoms with Crippen LogP contribution in [-0.2, 0) is 14.8 Å². The van der Waals surface area contributed by atoms with E-state index in [4.69, 9.17) is 0 Å². The van der Waals surface area contributed by atoms with E-state index in [1.807, 2.05) is 11.8 Å². The third-order valence-corrected chi connectivity index (χ3v) is 7.71. The van der Waals surface area contributed by atoms with Gasteiger partial charge in [-0.15, -0.1) is 0 Å². The standard InChI is InChI=1S/C16H29N3O3S/c1-14(16(20)18-7-2-3-8-18)17-9-11-19(12-10-17)23(21,22)13-15-5-4-6-15/h14-15H,2-13H2,1H3. The zero-order chi connectivity index (χ0) is 16.4. The molecule has 6 nitrogen and oxygen atoms in total. The average Bonchev–Trinajstić information content (AvgIpc) is 3.04. The SMILES string of the molecule is CC(C(=O)N1CCCC1)N1CCN(S(=O)(=O)CC2CCC2)CC1. The van der Waals surface area contributed by atoms with Gasteiger partial charge in [0.2, 0.25) is 15.9 Å². The second-order valence-electron chi connectivity index (χ2n) is 7.22. The van der Waals surface area contributed by atoms with E-state index in [9.17, 15) is 13.2 Å². The van der Waals surface area contributed by atoms with Crippen molar-refractivity contribution in [3.63, 3.8) is 0 Å². The van der Waals surface area contributed by atoms with Gasteiger partial charge in [-0.25, -0.2) is 8.42 Å². The highest BCUT2D eigenvalue weighted by molar-refractivity contribution is 7.89. The third kappa shape index (κ3) is 3.88. The van der Waals surface area contributed by atoms with E-state index in [0.717, 1.165) is 38.8 Å². The molecular weight excluding hydrogens is 314 g/mol. The normalized spacial score (nSPS) is 26.2. The van der Waals surface area contributed by atoms with Crippen LogP contribution in [0.15, 0.2) is 0 Å². The van der Waals surface area contributed by atoms with E-state index in [1.54, 1.807) is 4.31 Å². The molecule has 1 atom stereocenters. The Labute approximate surface area is 139 Å². The van der Waals surface area contributed by atoms with Gasteiger partial charge in [0.15, 0.2) is 0 Å². The molecule has 7 heteroatoms. The van der Waals surface area contributed by atoms with E-state index in [-0.39, 0.29) is 11.9 Å². The first-order chi connectivity index (χ1) is 11.0. The Kier molecular flexibility index (Phi) is 5.28. The highest BCUT2D eigenvalue weighted by Crippen LogP contribution is 2.28. The number of piperazine rings is 1. The van der Waals surface area contributed by atoms with E-state index in [2.05, 4.69) is 4.90 Å². The Morgan fingerprint density at radius 1 is 1.00 bits per heavy atom.